The Morgan fingerprint density at radius 1 is 1.12 bits per heavy atom. The van der Waals surface area contributed by atoms with E-state index in [-0.39, 0.29) is 24.4 Å². The standard InChI is InChI=1S/C22H18ClF2N3O4/c23-13-7-5-12(6-8-13)22(24,25)21(32)26-11-17-14-3-1-2-4-15(14)20(31)28(17)16-9-10-18(29)27-19(16)30/h1-8,16-17H,9-11H2,(H,26,32)(H,27,29,30). The second-order valence-electron chi connectivity index (χ2n) is 7.57. The number of hydrogen-bond donors (Lipinski definition) is 2. The van der Waals surface area contributed by atoms with Crippen LogP contribution in [0.4, 0.5) is 8.78 Å². The summed E-state index contributed by atoms with van der Waals surface area (Å²) in [6.07, 6.45) is 0.153. The predicted molar refractivity (Wildman–Crippen MR) is 110 cm³/mol. The summed E-state index contributed by atoms with van der Waals surface area (Å²) >= 11 is 5.72. The quantitative estimate of drug-likeness (QED) is 0.669. The van der Waals surface area contributed by atoms with Gasteiger partial charge in [0.2, 0.25) is 11.8 Å². The third-order valence-corrected chi connectivity index (χ3v) is 5.87. The van der Waals surface area contributed by atoms with Gasteiger partial charge in [0.05, 0.1) is 6.04 Å². The molecule has 0 bridgehead atoms. The highest BCUT2D eigenvalue weighted by atomic mass is 35.5. The van der Waals surface area contributed by atoms with E-state index in [1.54, 1.807) is 24.3 Å². The Morgan fingerprint density at radius 3 is 2.50 bits per heavy atom. The zero-order valence-corrected chi connectivity index (χ0v) is 17.4. The van der Waals surface area contributed by atoms with Gasteiger partial charge in [-0.15, -0.1) is 0 Å². The molecule has 2 N–H and O–H groups in total. The molecule has 0 saturated carbocycles. The third-order valence-electron chi connectivity index (χ3n) is 5.61. The van der Waals surface area contributed by atoms with Crippen molar-refractivity contribution in [2.45, 2.75) is 30.8 Å². The van der Waals surface area contributed by atoms with Crippen molar-refractivity contribution >= 4 is 35.2 Å². The number of nitrogens with zero attached hydrogens (tertiary/aromatic N) is 1. The third kappa shape index (κ3) is 3.84. The van der Waals surface area contributed by atoms with Gasteiger partial charge in [0, 0.05) is 29.1 Å². The van der Waals surface area contributed by atoms with Crippen LogP contribution < -0.4 is 10.6 Å². The largest absolute Gasteiger partial charge is 0.349 e. The van der Waals surface area contributed by atoms with Gasteiger partial charge in [-0.05, 0) is 30.2 Å². The van der Waals surface area contributed by atoms with Crippen LogP contribution in [0.1, 0.15) is 40.4 Å². The van der Waals surface area contributed by atoms with Crippen LogP contribution in [-0.2, 0) is 20.3 Å². The molecular formula is C22H18ClF2N3O4. The van der Waals surface area contributed by atoms with Crippen molar-refractivity contribution in [3.63, 3.8) is 0 Å². The molecule has 2 aliphatic heterocycles. The Bertz CT molecular complexity index is 1110. The minimum atomic E-state index is -3.83. The van der Waals surface area contributed by atoms with Gasteiger partial charge in [-0.25, -0.2) is 0 Å². The number of alkyl halides is 2. The molecule has 2 aliphatic rings. The van der Waals surface area contributed by atoms with E-state index in [1.807, 2.05) is 0 Å². The summed E-state index contributed by atoms with van der Waals surface area (Å²) in [6.45, 7) is -0.331. The van der Waals surface area contributed by atoms with Crippen LogP contribution in [-0.4, -0.2) is 41.1 Å². The van der Waals surface area contributed by atoms with E-state index in [9.17, 15) is 28.0 Å². The lowest BCUT2D eigenvalue weighted by Gasteiger charge is -2.34. The molecule has 1 saturated heterocycles. The SMILES string of the molecule is O=C1CCC(N2C(=O)c3ccccc3C2CNC(=O)C(F)(F)c2ccc(Cl)cc2)C(=O)N1. The molecule has 2 heterocycles. The van der Waals surface area contributed by atoms with Gasteiger partial charge < -0.3 is 10.2 Å². The molecule has 4 amide bonds. The molecule has 4 rings (SSSR count). The van der Waals surface area contributed by atoms with Crippen LogP contribution in [0.5, 0.6) is 0 Å². The first-order valence-electron chi connectivity index (χ1n) is 9.87. The first-order valence-corrected chi connectivity index (χ1v) is 10.3. The topological polar surface area (TPSA) is 95.6 Å². The smallest absolute Gasteiger partial charge is 0.348 e. The minimum Gasteiger partial charge on any atom is -0.348 e. The number of fused-ring (bicyclic) bond motifs is 1. The van der Waals surface area contributed by atoms with Crippen LogP contribution in [0, 0.1) is 0 Å². The summed E-state index contributed by atoms with van der Waals surface area (Å²) in [4.78, 5) is 50.6. The fourth-order valence-corrected chi connectivity index (χ4v) is 4.14. The molecule has 2 aromatic carbocycles. The zero-order chi connectivity index (χ0) is 23.0. The Morgan fingerprint density at radius 2 is 1.81 bits per heavy atom. The number of imide groups is 1. The number of carbonyl (C=O) groups is 4. The highest BCUT2D eigenvalue weighted by molar-refractivity contribution is 6.30. The van der Waals surface area contributed by atoms with E-state index in [0.717, 1.165) is 12.1 Å². The number of hydrogen-bond acceptors (Lipinski definition) is 4. The lowest BCUT2D eigenvalue weighted by Crippen LogP contribution is -2.55. The summed E-state index contributed by atoms with van der Waals surface area (Å²) in [5.41, 5.74) is 0.308. The first-order chi connectivity index (χ1) is 15.2. The van der Waals surface area contributed by atoms with E-state index < -0.39 is 47.2 Å². The van der Waals surface area contributed by atoms with Crippen LogP contribution in [0.2, 0.25) is 5.02 Å². The van der Waals surface area contributed by atoms with Crippen molar-refractivity contribution in [3.8, 4) is 0 Å². The molecule has 10 heteroatoms. The number of rotatable bonds is 5. The summed E-state index contributed by atoms with van der Waals surface area (Å²) in [5, 5.41) is 4.67. The molecule has 32 heavy (non-hydrogen) atoms. The Labute approximate surface area is 186 Å². The Hall–Kier alpha value is -3.33. The first kappa shape index (κ1) is 21.9. The Balaban J connectivity index is 1.58. The highest BCUT2D eigenvalue weighted by Crippen LogP contribution is 2.37. The van der Waals surface area contributed by atoms with Gasteiger partial charge >= 0.3 is 5.92 Å². The summed E-state index contributed by atoms with van der Waals surface area (Å²) in [5.74, 6) is -6.90. The lowest BCUT2D eigenvalue weighted by molar-refractivity contribution is -0.147. The van der Waals surface area contributed by atoms with E-state index in [0.29, 0.717) is 11.1 Å². The van der Waals surface area contributed by atoms with Crippen molar-refractivity contribution in [2.24, 2.45) is 0 Å². The monoisotopic (exact) mass is 461 g/mol. The van der Waals surface area contributed by atoms with Crippen molar-refractivity contribution in [3.05, 3.63) is 70.2 Å². The molecule has 2 atom stereocenters. The van der Waals surface area contributed by atoms with Gasteiger partial charge in [0.1, 0.15) is 6.04 Å². The van der Waals surface area contributed by atoms with Crippen LogP contribution in [0.25, 0.3) is 0 Å². The number of carbonyl (C=O) groups excluding carboxylic acids is 4. The normalized spacial score (nSPS) is 20.7. The van der Waals surface area contributed by atoms with E-state index in [1.165, 1.54) is 17.0 Å². The average molecular weight is 462 g/mol. The molecule has 7 nitrogen and oxygen atoms in total. The molecular weight excluding hydrogens is 444 g/mol. The molecule has 1 fully saturated rings. The molecule has 0 radical (unpaired) electrons. The summed E-state index contributed by atoms with van der Waals surface area (Å²) in [7, 11) is 0. The lowest BCUT2D eigenvalue weighted by atomic mass is 10.0. The van der Waals surface area contributed by atoms with Crippen molar-refractivity contribution in [1.82, 2.24) is 15.5 Å². The van der Waals surface area contributed by atoms with Crippen LogP contribution in [0.15, 0.2) is 48.5 Å². The maximum absolute atomic E-state index is 14.6. The Kier molecular flexibility index (Phi) is 5.68. The van der Waals surface area contributed by atoms with E-state index >= 15 is 0 Å². The molecule has 0 spiro atoms. The summed E-state index contributed by atoms with van der Waals surface area (Å²) in [6, 6.07) is 9.39. The number of piperidine rings is 1. The van der Waals surface area contributed by atoms with Gasteiger partial charge in [-0.3, -0.25) is 24.5 Å². The number of amides is 4. The number of nitrogens with one attached hydrogen (secondary N) is 2. The summed E-state index contributed by atoms with van der Waals surface area (Å²) < 4.78 is 29.3. The fourth-order valence-electron chi connectivity index (χ4n) is 4.02. The maximum Gasteiger partial charge on any atom is 0.349 e. The van der Waals surface area contributed by atoms with Crippen molar-refractivity contribution in [2.75, 3.05) is 6.54 Å². The number of benzene rings is 2. The number of halogens is 3. The molecule has 2 unspecified atom stereocenters. The van der Waals surface area contributed by atoms with Gasteiger partial charge in [0.25, 0.3) is 11.8 Å². The van der Waals surface area contributed by atoms with Gasteiger partial charge in [-0.2, -0.15) is 8.78 Å². The maximum atomic E-state index is 14.6. The molecule has 2 aromatic rings. The second kappa shape index (κ2) is 8.31. The van der Waals surface area contributed by atoms with Gasteiger partial charge in [-0.1, -0.05) is 41.9 Å². The van der Waals surface area contributed by atoms with Crippen molar-refractivity contribution in [1.29, 1.82) is 0 Å². The van der Waals surface area contributed by atoms with Crippen LogP contribution >= 0.6 is 11.6 Å². The fraction of sp³-hybridized carbons (Fsp3) is 0.273. The molecule has 166 valence electrons. The minimum absolute atomic E-state index is 0.0459. The molecule has 0 aliphatic carbocycles. The average Bonchev–Trinajstić information content (AvgIpc) is 3.04. The molecule has 0 aromatic heterocycles. The second-order valence-corrected chi connectivity index (χ2v) is 8.01. The van der Waals surface area contributed by atoms with Crippen molar-refractivity contribution < 1.29 is 28.0 Å². The van der Waals surface area contributed by atoms with Gasteiger partial charge in [0.15, 0.2) is 0 Å². The van der Waals surface area contributed by atoms with E-state index in [4.69, 9.17) is 11.6 Å². The van der Waals surface area contributed by atoms with Crippen LogP contribution in [0.3, 0.4) is 0 Å². The predicted octanol–water partition coefficient (Wildman–Crippen LogP) is 2.55. The van der Waals surface area contributed by atoms with E-state index in [2.05, 4.69) is 10.6 Å². The zero-order valence-electron chi connectivity index (χ0n) is 16.6. The highest BCUT2D eigenvalue weighted by Gasteiger charge is 2.46.